The number of pyridine rings is 3. The van der Waals surface area contributed by atoms with Gasteiger partial charge in [0.15, 0.2) is 34.6 Å². The number of aromatic amines is 1. The molecule has 0 saturated heterocycles. The third-order valence-electron chi connectivity index (χ3n) is 10.4. The first-order valence-corrected chi connectivity index (χ1v) is 18.6. The topological polar surface area (TPSA) is 139 Å². The monoisotopic (exact) mass is 761 g/mol. The van der Waals surface area contributed by atoms with E-state index in [0.29, 0.717) is 88.9 Å². The van der Waals surface area contributed by atoms with Crippen molar-refractivity contribution in [3.8, 4) is 23.0 Å². The normalized spacial score (nSPS) is 12.8. The number of H-pyrrole nitrogens is 1. The van der Waals surface area contributed by atoms with Gasteiger partial charge < -0.3 is 28.5 Å². The minimum absolute atomic E-state index is 0.118. The Hall–Kier alpha value is -7.01. The fourth-order valence-corrected chi connectivity index (χ4v) is 6.89. The van der Waals surface area contributed by atoms with Gasteiger partial charge in [-0.3, -0.25) is 24.2 Å². The number of ether oxygens (including phenoxy) is 4. The molecule has 1 N–H and O–H groups in total. The quantitative estimate of drug-likeness (QED) is 0.174. The Morgan fingerprint density at radius 2 is 1.18 bits per heavy atom. The maximum absolute atomic E-state index is 13.4. The second-order valence-electron chi connectivity index (χ2n) is 14.2. The third-order valence-corrected chi connectivity index (χ3v) is 10.4. The van der Waals surface area contributed by atoms with Crippen LogP contribution in [0.5, 0.6) is 23.0 Å². The molecule has 0 bridgehead atoms. The summed E-state index contributed by atoms with van der Waals surface area (Å²) in [5.41, 5.74) is 6.92. The summed E-state index contributed by atoms with van der Waals surface area (Å²) in [7, 11) is 0. The number of hydrogen-bond acceptors (Lipinski definition) is 9. The zero-order chi connectivity index (χ0) is 39.8. The van der Waals surface area contributed by atoms with Gasteiger partial charge in [0.25, 0.3) is 0 Å². The predicted octanol–water partition coefficient (Wildman–Crippen LogP) is 7.21. The molecule has 57 heavy (non-hydrogen) atoms. The van der Waals surface area contributed by atoms with Crippen LogP contribution in [0, 0.1) is 27.7 Å². The number of aryl methyl sites for hydroxylation is 4. The molecule has 0 amide bonds. The summed E-state index contributed by atoms with van der Waals surface area (Å²) in [6.07, 6.45) is 4.82. The van der Waals surface area contributed by atoms with E-state index in [9.17, 15) is 19.2 Å². The molecule has 286 valence electrons. The number of nitrogens with one attached hydrogen (secondary N) is 1. The molecule has 0 unspecified atom stereocenters. The predicted molar refractivity (Wildman–Crippen MR) is 217 cm³/mol. The SMILES string of the molecule is Cc1ccc(C(=O)c2c[nH]c3cc4c(cc3c2=O)OCCO4)cc1C.Cc1ccc(C(=O)c2cn(Cc3ccccn3)c3cc4c(cc3c2=O)OCCO4)cc1C. The molecule has 11 heteroatoms. The molecule has 0 aliphatic carbocycles. The van der Waals surface area contributed by atoms with E-state index in [4.69, 9.17) is 18.9 Å². The Bertz CT molecular complexity index is 2860. The number of carbonyl (C=O) groups is 2. The average Bonchev–Trinajstić information content (AvgIpc) is 3.23. The van der Waals surface area contributed by atoms with E-state index in [0.717, 1.165) is 27.9 Å². The highest BCUT2D eigenvalue weighted by atomic mass is 16.6. The Morgan fingerprint density at radius 3 is 1.75 bits per heavy atom. The number of nitrogens with zero attached hydrogens (tertiary/aromatic N) is 2. The van der Waals surface area contributed by atoms with Crippen LogP contribution >= 0.6 is 0 Å². The van der Waals surface area contributed by atoms with Crippen molar-refractivity contribution in [1.82, 2.24) is 14.5 Å². The van der Waals surface area contributed by atoms with Gasteiger partial charge in [0, 0.05) is 41.9 Å². The van der Waals surface area contributed by atoms with Gasteiger partial charge in [-0.15, -0.1) is 0 Å². The van der Waals surface area contributed by atoms with E-state index in [1.54, 1.807) is 48.8 Å². The first kappa shape index (κ1) is 36.9. The second kappa shape index (κ2) is 15.3. The summed E-state index contributed by atoms with van der Waals surface area (Å²) in [4.78, 5) is 59.9. The molecule has 0 saturated carbocycles. The molecule has 5 heterocycles. The molecule has 2 aliphatic heterocycles. The highest BCUT2D eigenvalue weighted by Crippen LogP contribution is 2.35. The van der Waals surface area contributed by atoms with E-state index in [1.165, 1.54) is 6.20 Å². The van der Waals surface area contributed by atoms with Crippen LogP contribution in [-0.4, -0.2) is 52.5 Å². The smallest absolute Gasteiger partial charge is 0.200 e. The molecule has 7 aromatic rings. The van der Waals surface area contributed by atoms with Gasteiger partial charge in [0.1, 0.15) is 26.4 Å². The molecule has 2 aliphatic rings. The van der Waals surface area contributed by atoms with Crippen LogP contribution in [0.3, 0.4) is 0 Å². The van der Waals surface area contributed by atoms with Crippen LogP contribution in [0.1, 0.15) is 59.8 Å². The second-order valence-corrected chi connectivity index (χ2v) is 14.2. The van der Waals surface area contributed by atoms with Gasteiger partial charge >= 0.3 is 0 Å². The molecule has 0 spiro atoms. The lowest BCUT2D eigenvalue weighted by molar-refractivity contribution is 0.102. The van der Waals surface area contributed by atoms with Gasteiger partial charge in [-0.25, -0.2) is 0 Å². The summed E-state index contributed by atoms with van der Waals surface area (Å²) in [6.45, 7) is 10.1. The van der Waals surface area contributed by atoms with Crippen LogP contribution in [0.4, 0.5) is 0 Å². The van der Waals surface area contributed by atoms with Crippen LogP contribution in [0.25, 0.3) is 21.8 Å². The third kappa shape index (κ3) is 7.27. The Morgan fingerprint density at radius 1 is 0.632 bits per heavy atom. The van der Waals surface area contributed by atoms with Crippen molar-refractivity contribution >= 4 is 33.4 Å². The van der Waals surface area contributed by atoms with Crippen molar-refractivity contribution in [2.24, 2.45) is 0 Å². The highest BCUT2D eigenvalue weighted by molar-refractivity contribution is 6.11. The van der Waals surface area contributed by atoms with Crippen LogP contribution in [-0.2, 0) is 6.54 Å². The largest absolute Gasteiger partial charge is 0.486 e. The lowest BCUT2D eigenvalue weighted by atomic mass is 9.98. The summed E-state index contributed by atoms with van der Waals surface area (Å²) in [5, 5.41) is 0.832. The first-order chi connectivity index (χ1) is 27.5. The van der Waals surface area contributed by atoms with Gasteiger partial charge in [0.2, 0.25) is 10.9 Å². The Balaban J connectivity index is 0.000000165. The van der Waals surface area contributed by atoms with Crippen molar-refractivity contribution in [2.45, 2.75) is 34.2 Å². The van der Waals surface area contributed by atoms with Crippen LogP contribution in [0.15, 0.2) is 107 Å². The Labute approximate surface area is 327 Å². The van der Waals surface area contributed by atoms with Gasteiger partial charge in [-0.2, -0.15) is 0 Å². The molecule has 3 aromatic heterocycles. The highest BCUT2D eigenvalue weighted by Gasteiger charge is 2.22. The maximum atomic E-state index is 13.4. The van der Waals surface area contributed by atoms with E-state index in [1.807, 2.05) is 74.7 Å². The lowest BCUT2D eigenvalue weighted by Crippen LogP contribution is -2.22. The van der Waals surface area contributed by atoms with Crippen molar-refractivity contribution in [3.05, 3.63) is 168 Å². The number of benzene rings is 4. The van der Waals surface area contributed by atoms with Crippen LogP contribution in [0.2, 0.25) is 0 Å². The molecule has 0 fully saturated rings. The fourth-order valence-electron chi connectivity index (χ4n) is 6.89. The van der Waals surface area contributed by atoms with Crippen molar-refractivity contribution in [1.29, 1.82) is 0 Å². The summed E-state index contributed by atoms with van der Waals surface area (Å²) >= 11 is 0. The summed E-state index contributed by atoms with van der Waals surface area (Å²) in [6, 6.07) is 23.5. The number of ketones is 2. The zero-order valence-corrected chi connectivity index (χ0v) is 31.9. The van der Waals surface area contributed by atoms with Crippen molar-refractivity contribution in [3.63, 3.8) is 0 Å². The number of hydrogen-bond donors (Lipinski definition) is 1. The van der Waals surface area contributed by atoms with Crippen molar-refractivity contribution < 1.29 is 28.5 Å². The standard InChI is InChI=1S/C26H22N2O4.C20H17NO4/c1-16-6-7-18(11-17(16)2)25(29)21-15-28(14-19-5-3-4-8-27-19)22-13-24-23(31-9-10-32-24)12-20(22)26(21)30;1-11-3-4-13(7-12(11)2)19(22)15-10-21-16-9-18-17(24-5-6-25-18)8-14(16)20(15)23/h3-8,11-13,15H,9-10,14H2,1-2H3;3-4,7-10H,5-6H2,1-2H3,(H,21,23). The molecular weight excluding hydrogens is 723 g/mol. The lowest BCUT2D eigenvalue weighted by Gasteiger charge is -2.20. The minimum atomic E-state index is -0.322. The molecule has 11 nitrogen and oxygen atoms in total. The maximum Gasteiger partial charge on any atom is 0.200 e. The van der Waals surface area contributed by atoms with Crippen LogP contribution < -0.4 is 29.8 Å². The minimum Gasteiger partial charge on any atom is -0.486 e. The van der Waals surface area contributed by atoms with E-state index in [2.05, 4.69) is 9.97 Å². The van der Waals surface area contributed by atoms with E-state index < -0.39 is 0 Å². The first-order valence-electron chi connectivity index (χ1n) is 18.6. The number of carbonyl (C=O) groups excluding carboxylic acids is 2. The van der Waals surface area contributed by atoms with Gasteiger partial charge in [-0.1, -0.05) is 30.3 Å². The molecular formula is C46H39N3O8. The fraction of sp³-hybridized carbons (Fsp3) is 0.196. The molecule has 0 radical (unpaired) electrons. The van der Waals surface area contributed by atoms with E-state index in [-0.39, 0.29) is 33.6 Å². The van der Waals surface area contributed by atoms with E-state index >= 15 is 0 Å². The number of aromatic nitrogens is 3. The number of fused-ring (bicyclic) bond motifs is 4. The van der Waals surface area contributed by atoms with Crippen molar-refractivity contribution in [2.75, 3.05) is 26.4 Å². The Kier molecular flexibility index (Phi) is 9.89. The zero-order valence-electron chi connectivity index (χ0n) is 31.9. The molecule has 4 aromatic carbocycles. The average molecular weight is 762 g/mol. The van der Waals surface area contributed by atoms with Gasteiger partial charge in [-0.05, 0) is 86.3 Å². The number of rotatable bonds is 6. The molecule has 9 rings (SSSR count). The summed E-state index contributed by atoms with van der Waals surface area (Å²) < 4.78 is 24.4. The summed E-state index contributed by atoms with van der Waals surface area (Å²) in [5.74, 6) is 1.64. The van der Waals surface area contributed by atoms with Gasteiger partial charge in [0.05, 0.1) is 45.2 Å². The molecule has 0 atom stereocenters.